The van der Waals surface area contributed by atoms with Gasteiger partial charge in [-0.1, -0.05) is 18.6 Å². The average Bonchev–Trinajstić information content (AvgIpc) is 4.10. The number of carboxylic acid groups (broad SMARTS) is 2. The predicted molar refractivity (Wildman–Crippen MR) is 255 cm³/mol. The normalized spacial score (nSPS) is 22.4. The largest absolute Gasteiger partial charge is 0.481 e. The Morgan fingerprint density at radius 3 is 1.80 bits per heavy atom. The molecular weight excluding hydrogens is 907 g/mol. The van der Waals surface area contributed by atoms with Crippen molar-refractivity contribution in [3.05, 3.63) is 36.2 Å². The number of carbonyl (C=O) groups is 5. The number of carbonyl (C=O) groups excluding carboxylic acids is 3. The third-order valence-electron chi connectivity index (χ3n) is 14.3. The quantitative estimate of drug-likeness (QED) is 0.0420. The van der Waals surface area contributed by atoms with Crippen LogP contribution >= 0.6 is 0 Å². The van der Waals surface area contributed by atoms with Gasteiger partial charge >= 0.3 is 29.8 Å². The highest BCUT2D eigenvalue weighted by Crippen LogP contribution is 2.60. The summed E-state index contributed by atoms with van der Waals surface area (Å²) in [5, 5.41) is 27.9. The smallest absolute Gasteiger partial charge is 0.317 e. The Morgan fingerprint density at radius 2 is 1.23 bits per heavy atom. The highest BCUT2D eigenvalue weighted by atomic mass is 16.6. The first-order chi connectivity index (χ1) is 33.0. The summed E-state index contributed by atoms with van der Waals surface area (Å²) in [6.45, 7) is 18.7. The van der Waals surface area contributed by atoms with E-state index in [1.54, 1.807) is 90.5 Å². The molecule has 8 unspecified atom stereocenters. The minimum atomic E-state index is -1.62. The van der Waals surface area contributed by atoms with Gasteiger partial charge in [0.25, 0.3) is 0 Å². The second-order valence-electron chi connectivity index (χ2n) is 22.0. The summed E-state index contributed by atoms with van der Waals surface area (Å²) >= 11 is 0. The minimum Gasteiger partial charge on any atom is -0.481 e. The molecule has 1 aromatic carbocycles. The molecule has 70 heavy (non-hydrogen) atoms. The lowest BCUT2D eigenvalue weighted by atomic mass is 9.61. The van der Waals surface area contributed by atoms with Crippen molar-refractivity contribution in [2.24, 2.45) is 45.3 Å². The number of benzene rings is 1. The van der Waals surface area contributed by atoms with E-state index in [1.807, 2.05) is 6.92 Å². The van der Waals surface area contributed by atoms with E-state index >= 15 is 0 Å². The van der Waals surface area contributed by atoms with Crippen LogP contribution in [-0.4, -0.2) is 126 Å². The summed E-state index contributed by atoms with van der Waals surface area (Å²) in [4.78, 5) is 66.4. The third kappa shape index (κ3) is 15.8. The van der Waals surface area contributed by atoms with Gasteiger partial charge < -0.3 is 48.1 Å². The Balaban J connectivity index is 1.17. The fourth-order valence-corrected chi connectivity index (χ4v) is 11.0. The first-order valence-corrected chi connectivity index (χ1v) is 25.0. The third-order valence-corrected chi connectivity index (χ3v) is 14.3. The van der Waals surface area contributed by atoms with Crippen molar-refractivity contribution >= 4 is 29.8 Å². The van der Waals surface area contributed by atoms with Crippen molar-refractivity contribution < 1.29 is 72.1 Å². The lowest BCUT2D eigenvalue weighted by molar-refractivity contribution is -0.173. The molecule has 0 amide bonds. The van der Waals surface area contributed by atoms with Gasteiger partial charge in [-0.2, -0.15) is 0 Å². The van der Waals surface area contributed by atoms with Gasteiger partial charge in [0.05, 0.1) is 106 Å². The van der Waals surface area contributed by atoms with E-state index in [9.17, 15) is 29.1 Å². The molecule has 392 valence electrons. The monoisotopic (exact) mass is 986 g/mol. The van der Waals surface area contributed by atoms with Crippen molar-refractivity contribution in [3.8, 4) is 11.4 Å². The number of hydrogen-bond acceptors (Lipinski definition) is 15. The lowest BCUT2D eigenvalue weighted by Crippen LogP contribution is -2.48. The Bertz CT molecular complexity index is 2050. The Hall–Kier alpha value is -4.49. The van der Waals surface area contributed by atoms with E-state index in [-0.39, 0.29) is 50.8 Å². The minimum absolute atomic E-state index is 0.0371. The standard InChI is InChI=1S/C52H79N3O15/c1-10-50(7,47(62)70-48(2,3)4)33-51(8,44(58)59)34-52(9,32-49(5,6)45(60)69-42-29-35-28-41(42)40-13-11-12-39(35)40)46(61)68-38-16-14-37(15-17-38)55-30-36(53-54-55)31-67-27-26-66-25-24-65-23-22-64-21-20-63-19-18-43(56)57/h14-17,30,35,39-42H,10-13,18-29,31-34H2,1-9H3,(H,56,57)(H,58,59). The SMILES string of the molecule is CCC(C)(CC(C)(CC(C)(CC(C)(C)C(=O)OC1CC2CC1C1CCCC21)C(=O)Oc1ccc(-n2cc(COCCOCCOCCOCCOCCC(=O)O)nn2)cc1)C(=O)O)C(=O)OC(C)(C)C. The van der Waals surface area contributed by atoms with Gasteiger partial charge in [0, 0.05) is 0 Å². The lowest BCUT2D eigenvalue weighted by Gasteiger charge is -2.42. The molecule has 3 fully saturated rings. The van der Waals surface area contributed by atoms with Gasteiger partial charge in [0.2, 0.25) is 0 Å². The first-order valence-electron chi connectivity index (χ1n) is 25.0. The molecule has 0 radical (unpaired) electrons. The van der Waals surface area contributed by atoms with Crippen molar-refractivity contribution in [2.45, 2.75) is 145 Å². The summed E-state index contributed by atoms with van der Waals surface area (Å²) < 4.78 is 47.0. The van der Waals surface area contributed by atoms with Crippen LogP contribution in [0.25, 0.3) is 5.69 Å². The molecule has 18 heteroatoms. The number of nitrogens with zero attached hydrogens (tertiary/aromatic N) is 3. The number of carboxylic acids is 2. The van der Waals surface area contributed by atoms with Crippen LogP contribution in [0.2, 0.25) is 0 Å². The fraction of sp³-hybridized carbons (Fsp3) is 0.750. The molecule has 2 bridgehead atoms. The number of hydrogen-bond donors (Lipinski definition) is 2. The summed E-state index contributed by atoms with van der Waals surface area (Å²) in [7, 11) is 0. The van der Waals surface area contributed by atoms with Crippen molar-refractivity contribution in [1.29, 1.82) is 0 Å². The van der Waals surface area contributed by atoms with E-state index in [1.165, 1.54) is 19.3 Å². The first kappa shape index (κ1) is 56.4. The predicted octanol–water partition coefficient (Wildman–Crippen LogP) is 7.65. The zero-order valence-electron chi connectivity index (χ0n) is 43.0. The summed E-state index contributed by atoms with van der Waals surface area (Å²) in [6.07, 6.45) is 6.97. The molecule has 3 saturated carbocycles. The van der Waals surface area contributed by atoms with Crippen LogP contribution in [0.15, 0.2) is 30.5 Å². The average molecular weight is 986 g/mol. The summed E-state index contributed by atoms with van der Waals surface area (Å²) in [5.41, 5.74) is -5.15. The van der Waals surface area contributed by atoms with Crippen LogP contribution in [0.5, 0.6) is 5.75 Å². The van der Waals surface area contributed by atoms with Crippen LogP contribution in [-0.2, 0) is 63.7 Å². The van der Waals surface area contributed by atoms with E-state index in [0.29, 0.717) is 88.4 Å². The van der Waals surface area contributed by atoms with Gasteiger partial charge in [0.1, 0.15) is 23.1 Å². The van der Waals surface area contributed by atoms with Crippen LogP contribution in [0.1, 0.15) is 132 Å². The van der Waals surface area contributed by atoms with Gasteiger partial charge in [-0.15, -0.1) is 5.10 Å². The van der Waals surface area contributed by atoms with E-state index in [2.05, 4.69) is 10.3 Å². The van der Waals surface area contributed by atoms with Crippen molar-refractivity contribution in [3.63, 3.8) is 0 Å². The molecule has 1 aromatic heterocycles. The number of rotatable bonds is 31. The van der Waals surface area contributed by atoms with Crippen LogP contribution < -0.4 is 4.74 Å². The topological polar surface area (TPSA) is 230 Å². The number of aliphatic carboxylic acids is 2. The molecule has 0 saturated heterocycles. The highest BCUT2D eigenvalue weighted by Gasteiger charge is 2.57. The summed E-state index contributed by atoms with van der Waals surface area (Å²) in [5.74, 6) is -1.29. The Morgan fingerprint density at radius 1 is 0.657 bits per heavy atom. The molecule has 3 aliphatic carbocycles. The van der Waals surface area contributed by atoms with Crippen molar-refractivity contribution in [1.82, 2.24) is 15.0 Å². The van der Waals surface area contributed by atoms with Gasteiger partial charge in [-0.25, -0.2) is 4.68 Å². The number of esters is 3. The molecule has 1 heterocycles. The van der Waals surface area contributed by atoms with E-state index < -0.39 is 57.1 Å². The van der Waals surface area contributed by atoms with Crippen molar-refractivity contribution in [2.75, 3.05) is 59.5 Å². The fourth-order valence-electron chi connectivity index (χ4n) is 11.0. The molecule has 0 spiro atoms. The Labute approximate surface area is 413 Å². The highest BCUT2D eigenvalue weighted by molar-refractivity contribution is 5.84. The van der Waals surface area contributed by atoms with Crippen LogP contribution in [0, 0.1) is 45.3 Å². The van der Waals surface area contributed by atoms with Crippen LogP contribution in [0.4, 0.5) is 0 Å². The molecule has 3 aliphatic rings. The molecular formula is C52H79N3O15. The molecule has 0 aliphatic heterocycles. The van der Waals surface area contributed by atoms with Crippen LogP contribution in [0.3, 0.4) is 0 Å². The number of ether oxygens (including phenoxy) is 8. The maximum absolute atomic E-state index is 14.7. The molecule has 5 rings (SSSR count). The number of fused-ring (bicyclic) bond motifs is 5. The second-order valence-corrected chi connectivity index (χ2v) is 22.0. The zero-order chi connectivity index (χ0) is 51.3. The summed E-state index contributed by atoms with van der Waals surface area (Å²) in [6, 6.07) is 6.64. The van der Waals surface area contributed by atoms with E-state index in [4.69, 9.17) is 43.0 Å². The Kier molecular flexibility index (Phi) is 20.0. The van der Waals surface area contributed by atoms with E-state index in [0.717, 1.165) is 18.8 Å². The molecule has 18 nitrogen and oxygen atoms in total. The number of aromatic nitrogens is 3. The second kappa shape index (κ2) is 24.8. The van der Waals surface area contributed by atoms with Gasteiger partial charge in [-0.05, 0) is 155 Å². The molecule has 8 atom stereocenters. The maximum atomic E-state index is 14.7. The molecule has 2 N–H and O–H groups in total. The molecule has 2 aromatic rings. The maximum Gasteiger partial charge on any atom is 0.317 e. The van der Waals surface area contributed by atoms with Gasteiger partial charge in [0.15, 0.2) is 0 Å². The zero-order valence-corrected chi connectivity index (χ0v) is 43.0. The van der Waals surface area contributed by atoms with Gasteiger partial charge in [-0.3, -0.25) is 24.0 Å².